The van der Waals surface area contributed by atoms with Crippen molar-refractivity contribution in [3.8, 4) is 0 Å². The molecule has 0 aromatic carbocycles. The third kappa shape index (κ3) is 5.04. The molecule has 2 nitrogen and oxygen atoms in total. The zero-order valence-electron chi connectivity index (χ0n) is 10.7. The monoisotopic (exact) mass is 256 g/mol. The summed E-state index contributed by atoms with van der Waals surface area (Å²) in [6, 6.07) is 3.91. The van der Waals surface area contributed by atoms with Crippen LogP contribution in [0.15, 0.2) is 18.3 Å². The van der Waals surface area contributed by atoms with Gasteiger partial charge in [-0.05, 0) is 43.9 Å². The molecule has 1 rings (SSSR count). The first kappa shape index (κ1) is 14.5. The summed E-state index contributed by atoms with van der Waals surface area (Å²) in [7, 11) is 0. The molecule has 17 heavy (non-hydrogen) atoms. The van der Waals surface area contributed by atoms with Gasteiger partial charge in [-0.25, -0.2) is 4.39 Å². The van der Waals surface area contributed by atoms with Crippen molar-refractivity contribution < 1.29 is 4.39 Å². The van der Waals surface area contributed by atoms with Crippen LogP contribution in [0.4, 0.5) is 4.39 Å². The summed E-state index contributed by atoms with van der Waals surface area (Å²) >= 11 is 1.86. The van der Waals surface area contributed by atoms with Crippen molar-refractivity contribution in [3.63, 3.8) is 0 Å². The lowest BCUT2D eigenvalue weighted by Gasteiger charge is -2.21. The number of hydrogen-bond acceptors (Lipinski definition) is 3. The quantitative estimate of drug-likeness (QED) is 0.809. The second-order valence-electron chi connectivity index (χ2n) is 4.21. The summed E-state index contributed by atoms with van der Waals surface area (Å²) in [4.78, 5) is 4.14. The largest absolute Gasteiger partial charge is 0.306 e. The Morgan fingerprint density at radius 3 is 2.76 bits per heavy atom. The van der Waals surface area contributed by atoms with E-state index < -0.39 is 0 Å². The van der Waals surface area contributed by atoms with Gasteiger partial charge in [0.25, 0.3) is 0 Å². The fourth-order valence-electron chi connectivity index (χ4n) is 1.73. The number of pyridine rings is 1. The minimum atomic E-state index is -0.279. The van der Waals surface area contributed by atoms with E-state index in [0.717, 1.165) is 24.3 Å². The number of nitrogens with zero attached hydrogens (tertiary/aromatic N) is 1. The van der Waals surface area contributed by atoms with Gasteiger partial charge in [0, 0.05) is 12.1 Å². The number of aromatic nitrogens is 1. The molecule has 1 aromatic heterocycles. The number of nitrogens with one attached hydrogen (secondary N) is 1. The second-order valence-corrected chi connectivity index (χ2v) is 5.20. The lowest BCUT2D eigenvalue weighted by molar-refractivity contribution is 0.431. The van der Waals surface area contributed by atoms with E-state index in [9.17, 15) is 4.39 Å². The lowest BCUT2D eigenvalue weighted by atomic mass is 10.1. The molecule has 0 saturated carbocycles. The molecule has 1 heterocycles. The number of rotatable bonds is 7. The van der Waals surface area contributed by atoms with Crippen LogP contribution in [0.1, 0.15) is 38.4 Å². The summed E-state index contributed by atoms with van der Waals surface area (Å²) in [5.74, 6) is 0.876. The smallest absolute Gasteiger partial charge is 0.141 e. The van der Waals surface area contributed by atoms with E-state index in [0.29, 0.717) is 6.04 Å². The predicted octanol–water partition coefficient (Wildman–Crippen LogP) is 3.40. The lowest BCUT2D eigenvalue weighted by Crippen LogP contribution is -2.31. The molecule has 0 aliphatic rings. The molecule has 0 spiro atoms. The Morgan fingerprint density at radius 2 is 2.24 bits per heavy atom. The minimum Gasteiger partial charge on any atom is -0.306 e. The third-order valence-corrected chi connectivity index (χ3v) is 3.40. The van der Waals surface area contributed by atoms with Crippen LogP contribution in [0.5, 0.6) is 0 Å². The van der Waals surface area contributed by atoms with Crippen LogP contribution in [-0.4, -0.2) is 23.0 Å². The zero-order chi connectivity index (χ0) is 12.7. The molecule has 0 aliphatic carbocycles. The van der Waals surface area contributed by atoms with Crippen LogP contribution in [0.2, 0.25) is 0 Å². The molecular weight excluding hydrogens is 235 g/mol. The molecule has 0 saturated heterocycles. The van der Waals surface area contributed by atoms with Crippen LogP contribution in [0, 0.1) is 5.82 Å². The van der Waals surface area contributed by atoms with Crippen molar-refractivity contribution in [2.75, 3.05) is 12.0 Å². The highest BCUT2D eigenvalue weighted by Crippen LogP contribution is 2.16. The van der Waals surface area contributed by atoms with Crippen LogP contribution in [0.3, 0.4) is 0 Å². The van der Waals surface area contributed by atoms with Crippen molar-refractivity contribution in [2.45, 2.75) is 38.8 Å². The summed E-state index contributed by atoms with van der Waals surface area (Å²) < 4.78 is 12.8. The Kier molecular flexibility index (Phi) is 6.52. The molecule has 4 heteroatoms. The highest BCUT2D eigenvalue weighted by molar-refractivity contribution is 7.98. The highest BCUT2D eigenvalue weighted by atomic mass is 32.2. The molecule has 2 unspecified atom stereocenters. The maximum Gasteiger partial charge on any atom is 0.141 e. The highest BCUT2D eigenvalue weighted by Gasteiger charge is 2.13. The summed E-state index contributed by atoms with van der Waals surface area (Å²) in [5.41, 5.74) is 0.921. The average Bonchev–Trinajstić information content (AvgIpc) is 2.34. The fraction of sp³-hybridized carbons (Fsp3) is 0.615. The Hall–Kier alpha value is -0.610. The number of thioether (sulfide) groups is 1. The molecule has 0 fully saturated rings. The van der Waals surface area contributed by atoms with E-state index in [1.165, 1.54) is 12.3 Å². The van der Waals surface area contributed by atoms with Crippen LogP contribution in [-0.2, 0) is 0 Å². The average molecular weight is 256 g/mol. The molecule has 1 N–H and O–H groups in total. The molecule has 2 atom stereocenters. The van der Waals surface area contributed by atoms with Gasteiger partial charge in [-0.2, -0.15) is 11.8 Å². The Bertz CT molecular complexity index is 316. The normalized spacial score (nSPS) is 14.6. The number of hydrogen-bond donors (Lipinski definition) is 1. The molecule has 1 aromatic rings. The first-order valence-electron chi connectivity index (χ1n) is 6.03. The Balaban J connectivity index is 2.56. The molecular formula is C13H21FN2S. The zero-order valence-corrected chi connectivity index (χ0v) is 11.6. The summed E-state index contributed by atoms with van der Waals surface area (Å²) in [6.07, 6.45) is 5.50. The van der Waals surface area contributed by atoms with E-state index in [4.69, 9.17) is 0 Å². The standard InChI is InChI=1S/C13H21FN2S/c1-4-12(16-10(2)7-8-17-3)13-6-5-11(14)9-15-13/h5-6,9-10,12,16H,4,7-8H2,1-3H3. The summed E-state index contributed by atoms with van der Waals surface area (Å²) in [5, 5.41) is 3.54. The maximum atomic E-state index is 12.8. The van der Waals surface area contributed by atoms with Crippen molar-refractivity contribution in [2.24, 2.45) is 0 Å². The van der Waals surface area contributed by atoms with Crippen molar-refractivity contribution in [1.82, 2.24) is 10.3 Å². The second kappa shape index (κ2) is 7.67. The van der Waals surface area contributed by atoms with Gasteiger partial charge in [-0.3, -0.25) is 4.98 Å². The van der Waals surface area contributed by atoms with Gasteiger partial charge < -0.3 is 5.32 Å². The van der Waals surface area contributed by atoms with Gasteiger partial charge >= 0.3 is 0 Å². The summed E-state index contributed by atoms with van der Waals surface area (Å²) in [6.45, 7) is 4.30. The van der Waals surface area contributed by atoms with Gasteiger partial charge in [0.05, 0.1) is 11.9 Å². The first-order chi connectivity index (χ1) is 8.17. The predicted molar refractivity (Wildman–Crippen MR) is 72.8 cm³/mol. The third-order valence-electron chi connectivity index (χ3n) is 2.76. The van der Waals surface area contributed by atoms with E-state index in [-0.39, 0.29) is 11.9 Å². The Labute approximate surface area is 107 Å². The molecule has 0 bridgehead atoms. The van der Waals surface area contributed by atoms with Gasteiger partial charge in [-0.1, -0.05) is 6.92 Å². The van der Waals surface area contributed by atoms with E-state index >= 15 is 0 Å². The minimum absolute atomic E-state index is 0.215. The SMILES string of the molecule is CCC(NC(C)CCSC)c1ccc(F)cn1. The number of halogens is 1. The maximum absolute atomic E-state index is 12.8. The van der Waals surface area contributed by atoms with Gasteiger partial charge in [0.15, 0.2) is 0 Å². The van der Waals surface area contributed by atoms with Gasteiger partial charge in [0.1, 0.15) is 5.82 Å². The van der Waals surface area contributed by atoms with Gasteiger partial charge in [-0.15, -0.1) is 0 Å². The van der Waals surface area contributed by atoms with Crippen molar-refractivity contribution >= 4 is 11.8 Å². The Morgan fingerprint density at radius 1 is 1.47 bits per heavy atom. The first-order valence-corrected chi connectivity index (χ1v) is 7.43. The van der Waals surface area contributed by atoms with E-state index in [1.807, 2.05) is 11.8 Å². The van der Waals surface area contributed by atoms with Crippen LogP contribution in [0.25, 0.3) is 0 Å². The fourth-order valence-corrected chi connectivity index (χ4v) is 2.32. The van der Waals surface area contributed by atoms with Crippen LogP contribution >= 0.6 is 11.8 Å². The van der Waals surface area contributed by atoms with Crippen molar-refractivity contribution in [1.29, 1.82) is 0 Å². The molecule has 96 valence electrons. The van der Waals surface area contributed by atoms with Gasteiger partial charge in [0.2, 0.25) is 0 Å². The van der Waals surface area contributed by atoms with Crippen molar-refractivity contribution in [3.05, 3.63) is 29.8 Å². The molecule has 0 amide bonds. The topological polar surface area (TPSA) is 24.9 Å². The van der Waals surface area contributed by atoms with E-state index in [1.54, 1.807) is 6.07 Å². The molecule has 0 radical (unpaired) electrons. The molecule has 0 aliphatic heterocycles. The van der Waals surface area contributed by atoms with E-state index in [2.05, 4.69) is 30.4 Å². The van der Waals surface area contributed by atoms with Crippen LogP contribution < -0.4 is 5.32 Å².